The van der Waals surface area contributed by atoms with E-state index in [0.717, 1.165) is 5.69 Å². The van der Waals surface area contributed by atoms with Gasteiger partial charge in [-0.3, -0.25) is 10.1 Å². The quantitative estimate of drug-likeness (QED) is 0.874. The number of nitrogens with zero attached hydrogens (tertiary/aromatic N) is 3. The molecule has 0 amide bonds. The van der Waals surface area contributed by atoms with Gasteiger partial charge < -0.3 is 4.74 Å². The molecule has 118 valence electrons. The zero-order chi connectivity index (χ0) is 16.2. The molecule has 0 radical (unpaired) electrons. The lowest BCUT2D eigenvalue weighted by Gasteiger charge is -2.13. The Morgan fingerprint density at radius 3 is 3.09 bits per heavy atom. The average molecular weight is 333 g/mol. The van der Waals surface area contributed by atoms with Gasteiger partial charge in [0.1, 0.15) is 12.4 Å². The fraction of sp³-hybridized carbons (Fsp3) is 0.125. The van der Waals surface area contributed by atoms with Gasteiger partial charge >= 0.3 is 0 Å². The number of hydrogen-bond acceptors (Lipinski definition) is 4. The van der Waals surface area contributed by atoms with Crippen molar-refractivity contribution in [1.29, 1.82) is 0 Å². The van der Waals surface area contributed by atoms with Crippen molar-refractivity contribution in [3.63, 3.8) is 0 Å². The summed E-state index contributed by atoms with van der Waals surface area (Å²) in [5.41, 5.74) is 4.51. The van der Waals surface area contributed by atoms with Crippen LogP contribution in [-0.2, 0) is 11.8 Å². The molecule has 0 aliphatic carbocycles. The zero-order valence-electron chi connectivity index (χ0n) is 12.3. The highest BCUT2D eigenvalue weighted by Crippen LogP contribution is 2.23. The molecule has 1 aromatic heterocycles. The SMILES string of the molecule is Cn1cc(NN=C2OCC=CC2=Cc2c(F)cccc2Cl)cn1. The highest BCUT2D eigenvalue weighted by molar-refractivity contribution is 6.32. The number of anilines is 1. The van der Waals surface area contributed by atoms with Crippen LogP contribution >= 0.6 is 11.6 Å². The molecule has 2 heterocycles. The van der Waals surface area contributed by atoms with Crippen molar-refractivity contribution in [1.82, 2.24) is 9.78 Å². The van der Waals surface area contributed by atoms with E-state index >= 15 is 0 Å². The molecule has 0 atom stereocenters. The van der Waals surface area contributed by atoms with Gasteiger partial charge in [-0.25, -0.2) is 4.39 Å². The number of aryl methyl sites for hydroxylation is 1. The highest BCUT2D eigenvalue weighted by atomic mass is 35.5. The van der Waals surface area contributed by atoms with Crippen LogP contribution in [0.5, 0.6) is 0 Å². The Hall–Kier alpha value is -2.60. The Labute approximate surface area is 137 Å². The number of hydrogen-bond donors (Lipinski definition) is 1. The number of ether oxygens (including phenoxy) is 1. The molecule has 0 bridgehead atoms. The Morgan fingerprint density at radius 2 is 2.35 bits per heavy atom. The number of benzene rings is 1. The van der Waals surface area contributed by atoms with Gasteiger partial charge in [-0.05, 0) is 24.3 Å². The van der Waals surface area contributed by atoms with E-state index in [0.29, 0.717) is 28.7 Å². The van der Waals surface area contributed by atoms with Crippen molar-refractivity contribution in [3.8, 4) is 0 Å². The Balaban J connectivity index is 1.90. The number of halogens is 2. The summed E-state index contributed by atoms with van der Waals surface area (Å²) in [6.07, 6.45) is 8.66. The summed E-state index contributed by atoms with van der Waals surface area (Å²) in [7, 11) is 1.81. The summed E-state index contributed by atoms with van der Waals surface area (Å²) in [5.74, 6) is -0.0424. The Morgan fingerprint density at radius 1 is 1.48 bits per heavy atom. The van der Waals surface area contributed by atoms with E-state index in [9.17, 15) is 4.39 Å². The molecule has 0 saturated heterocycles. The average Bonchev–Trinajstić information content (AvgIpc) is 2.95. The first-order valence-electron chi connectivity index (χ1n) is 6.91. The molecule has 5 nitrogen and oxygen atoms in total. The van der Waals surface area contributed by atoms with Crippen molar-refractivity contribution in [2.75, 3.05) is 12.0 Å². The molecular weight excluding hydrogens is 319 g/mol. The first-order valence-corrected chi connectivity index (χ1v) is 7.29. The molecule has 2 aromatic rings. The molecule has 0 saturated carbocycles. The third-order valence-corrected chi connectivity index (χ3v) is 3.48. The summed E-state index contributed by atoms with van der Waals surface area (Å²) in [6, 6.07) is 4.55. The predicted octanol–water partition coefficient (Wildman–Crippen LogP) is 3.61. The predicted molar refractivity (Wildman–Crippen MR) is 88.7 cm³/mol. The summed E-state index contributed by atoms with van der Waals surface area (Å²) in [4.78, 5) is 0. The molecule has 0 unspecified atom stereocenters. The van der Waals surface area contributed by atoms with Crippen molar-refractivity contribution in [2.45, 2.75) is 0 Å². The minimum atomic E-state index is -0.399. The minimum absolute atomic E-state index is 0.299. The van der Waals surface area contributed by atoms with Crippen LogP contribution in [0.2, 0.25) is 5.02 Å². The maximum Gasteiger partial charge on any atom is 0.238 e. The summed E-state index contributed by atoms with van der Waals surface area (Å²) in [6.45, 7) is 0.399. The van der Waals surface area contributed by atoms with Gasteiger partial charge in [0.2, 0.25) is 5.90 Å². The number of nitrogens with one attached hydrogen (secondary N) is 1. The largest absolute Gasteiger partial charge is 0.472 e. The minimum Gasteiger partial charge on any atom is -0.472 e. The van der Waals surface area contributed by atoms with Crippen LogP contribution in [0.1, 0.15) is 5.56 Å². The van der Waals surface area contributed by atoms with E-state index in [2.05, 4.69) is 15.6 Å². The second-order valence-corrected chi connectivity index (χ2v) is 5.29. The van der Waals surface area contributed by atoms with Gasteiger partial charge in [-0.1, -0.05) is 23.7 Å². The second-order valence-electron chi connectivity index (χ2n) is 4.88. The molecule has 1 aliphatic heterocycles. The van der Waals surface area contributed by atoms with Gasteiger partial charge in [-0.15, -0.1) is 5.10 Å². The molecule has 1 N–H and O–H groups in total. The summed E-state index contributed by atoms with van der Waals surface area (Å²) in [5, 5.41) is 8.58. The van der Waals surface area contributed by atoms with E-state index in [1.807, 2.05) is 19.2 Å². The van der Waals surface area contributed by atoms with Gasteiger partial charge in [0, 0.05) is 24.4 Å². The molecule has 7 heteroatoms. The van der Waals surface area contributed by atoms with E-state index < -0.39 is 5.82 Å². The van der Waals surface area contributed by atoms with Crippen LogP contribution in [0, 0.1) is 5.82 Å². The fourth-order valence-electron chi connectivity index (χ4n) is 2.06. The summed E-state index contributed by atoms with van der Waals surface area (Å²) < 4.78 is 21.1. The number of hydrazone groups is 1. The summed E-state index contributed by atoms with van der Waals surface area (Å²) >= 11 is 6.06. The van der Waals surface area contributed by atoms with Crippen LogP contribution in [0.4, 0.5) is 10.1 Å². The monoisotopic (exact) mass is 332 g/mol. The smallest absolute Gasteiger partial charge is 0.238 e. The lowest BCUT2D eigenvalue weighted by Crippen LogP contribution is -2.13. The Kier molecular flexibility index (Phi) is 4.43. The van der Waals surface area contributed by atoms with Crippen molar-refractivity contribution in [3.05, 3.63) is 64.7 Å². The van der Waals surface area contributed by atoms with Crippen LogP contribution in [0.15, 0.2) is 53.4 Å². The van der Waals surface area contributed by atoms with Gasteiger partial charge in [0.25, 0.3) is 0 Å². The molecule has 1 aliphatic rings. The van der Waals surface area contributed by atoms with Crippen LogP contribution in [0.25, 0.3) is 6.08 Å². The topological polar surface area (TPSA) is 51.4 Å². The molecule has 1 aromatic carbocycles. The van der Waals surface area contributed by atoms with Crippen LogP contribution in [-0.4, -0.2) is 22.3 Å². The second kappa shape index (κ2) is 6.66. The van der Waals surface area contributed by atoms with Gasteiger partial charge in [-0.2, -0.15) is 5.10 Å². The lowest BCUT2D eigenvalue weighted by molar-refractivity contribution is 0.346. The third kappa shape index (κ3) is 3.60. The molecular formula is C16H14ClFN4O. The maximum atomic E-state index is 13.9. The van der Waals surface area contributed by atoms with E-state index in [4.69, 9.17) is 16.3 Å². The third-order valence-electron chi connectivity index (χ3n) is 3.15. The van der Waals surface area contributed by atoms with E-state index in [1.165, 1.54) is 6.07 Å². The first kappa shape index (κ1) is 15.3. The van der Waals surface area contributed by atoms with Gasteiger partial charge in [0.15, 0.2) is 0 Å². The zero-order valence-corrected chi connectivity index (χ0v) is 13.1. The normalized spacial score (nSPS) is 17.5. The standard InChI is InChI=1S/C16H14ClFN4O/c1-22-10-12(9-19-22)20-21-16-11(4-3-7-23-16)8-13-14(17)5-2-6-15(13)18/h2-6,8-10,20H,7H2,1H3. The first-order chi connectivity index (χ1) is 11.1. The molecule has 23 heavy (non-hydrogen) atoms. The van der Waals surface area contributed by atoms with Crippen molar-refractivity contribution < 1.29 is 9.13 Å². The number of aromatic nitrogens is 2. The molecule has 0 fully saturated rings. The number of rotatable bonds is 3. The van der Waals surface area contributed by atoms with Crippen molar-refractivity contribution >= 4 is 29.3 Å². The van der Waals surface area contributed by atoms with Gasteiger partial charge in [0.05, 0.1) is 16.9 Å². The van der Waals surface area contributed by atoms with E-state index in [-0.39, 0.29) is 0 Å². The van der Waals surface area contributed by atoms with Crippen molar-refractivity contribution in [2.24, 2.45) is 12.1 Å². The lowest BCUT2D eigenvalue weighted by atomic mass is 10.1. The Bertz CT molecular complexity index is 790. The van der Waals surface area contributed by atoms with E-state index in [1.54, 1.807) is 35.3 Å². The van der Waals surface area contributed by atoms with Crippen LogP contribution < -0.4 is 5.43 Å². The molecule has 0 spiro atoms. The highest BCUT2D eigenvalue weighted by Gasteiger charge is 2.13. The molecule has 3 rings (SSSR count). The maximum absolute atomic E-state index is 13.9. The van der Waals surface area contributed by atoms with Crippen LogP contribution in [0.3, 0.4) is 0 Å². The fourth-order valence-corrected chi connectivity index (χ4v) is 2.28.